The minimum absolute atomic E-state index is 0.0769. The molecule has 0 amide bonds. The Bertz CT molecular complexity index is 338. The summed E-state index contributed by atoms with van der Waals surface area (Å²) in [6.45, 7) is 0. The molecule has 0 aliphatic rings. The second-order valence-electron chi connectivity index (χ2n) is 2.86. The molecule has 0 aromatic heterocycles. The summed E-state index contributed by atoms with van der Waals surface area (Å²) in [5.41, 5.74) is 4.21. The third kappa shape index (κ3) is 2.71. The first kappa shape index (κ1) is 12.5. The highest BCUT2D eigenvalue weighted by Gasteiger charge is 2.53. The lowest BCUT2D eigenvalue weighted by Gasteiger charge is -2.28. The Morgan fingerprint density at radius 2 is 1.19 bits per heavy atom. The molecule has 1 rings (SSSR count). The summed E-state index contributed by atoms with van der Waals surface area (Å²) in [7, 11) is 0. The molecule has 0 aliphatic carbocycles. The van der Waals surface area contributed by atoms with E-state index in [-0.39, 0.29) is 5.69 Å². The molecule has 90 valence electrons. The molecule has 0 heterocycles. The number of anilines is 2. The highest BCUT2D eigenvalue weighted by molar-refractivity contribution is 5.54. The van der Waals surface area contributed by atoms with Gasteiger partial charge in [0.25, 0.3) is 0 Å². The van der Waals surface area contributed by atoms with Gasteiger partial charge in [-0.05, 0) is 24.3 Å². The van der Waals surface area contributed by atoms with Gasteiger partial charge < -0.3 is 5.73 Å². The average molecular weight is 244 g/mol. The normalized spacial score (nSPS) is 12.6. The van der Waals surface area contributed by atoms with Crippen molar-refractivity contribution in [3.05, 3.63) is 24.3 Å². The van der Waals surface area contributed by atoms with Crippen molar-refractivity contribution in [3.8, 4) is 0 Å². The fraction of sp³-hybridized carbons (Fsp3) is 0.250. The number of benzene rings is 1. The molecular formula is C8H6F6N2. The molecule has 0 unspecified atom stereocenters. The molecule has 0 aliphatic heterocycles. The van der Waals surface area contributed by atoms with Crippen molar-refractivity contribution in [2.75, 3.05) is 10.6 Å². The number of halogens is 6. The van der Waals surface area contributed by atoms with E-state index in [4.69, 9.17) is 5.73 Å². The molecule has 0 radical (unpaired) electrons. The van der Waals surface area contributed by atoms with E-state index in [1.54, 1.807) is 0 Å². The van der Waals surface area contributed by atoms with E-state index in [0.717, 1.165) is 12.1 Å². The maximum Gasteiger partial charge on any atom is 0.491 e. The number of nitrogens with two attached hydrogens (primary N) is 1. The van der Waals surface area contributed by atoms with Crippen LogP contribution in [0.4, 0.5) is 37.7 Å². The predicted octanol–water partition coefficient (Wildman–Crippen LogP) is 3.11. The quantitative estimate of drug-likeness (QED) is 0.467. The molecular weight excluding hydrogens is 238 g/mol. The molecule has 0 saturated heterocycles. The van der Waals surface area contributed by atoms with Crippen molar-refractivity contribution in [1.29, 1.82) is 0 Å². The average Bonchev–Trinajstić information content (AvgIpc) is 2.03. The number of alkyl halides is 6. The first-order chi connectivity index (χ1) is 7.12. The van der Waals surface area contributed by atoms with Gasteiger partial charge in [-0.3, -0.25) is 0 Å². The Balaban J connectivity index is 3.18. The Hall–Kier alpha value is -1.60. The van der Waals surface area contributed by atoms with Gasteiger partial charge in [-0.15, -0.1) is 26.3 Å². The lowest BCUT2D eigenvalue weighted by Crippen LogP contribution is -2.48. The fourth-order valence-corrected chi connectivity index (χ4v) is 1.06. The molecule has 16 heavy (non-hydrogen) atoms. The lowest BCUT2D eigenvalue weighted by molar-refractivity contribution is -0.226. The van der Waals surface area contributed by atoms with Crippen LogP contribution in [0.1, 0.15) is 0 Å². The third-order valence-electron chi connectivity index (χ3n) is 1.66. The van der Waals surface area contributed by atoms with Gasteiger partial charge in [-0.25, -0.2) is 0 Å². The van der Waals surface area contributed by atoms with Gasteiger partial charge in [-0.2, -0.15) is 4.90 Å². The van der Waals surface area contributed by atoms with Crippen LogP contribution in [0.5, 0.6) is 0 Å². The molecule has 1 aromatic rings. The standard InChI is InChI=1S/C8H6F6N2/c9-7(10,11)16(8(12,13)14)6-3-1-5(15)2-4-6/h1-4H,15H2. The van der Waals surface area contributed by atoms with E-state index in [0.29, 0.717) is 12.1 Å². The molecule has 2 nitrogen and oxygen atoms in total. The van der Waals surface area contributed by atoms with E-state index >= 15 is 0 Å². The minimum Gasteiger partial charge on any atom is -0.399 e. The maximum atomic E-state index is 12.2. The zero-order valence-electron chi connectivity index (χ0n) is 7.60. The zero-order valence-corrected chi connectivity index (χ0v) is 7.60. The smallest absolute Gasteiger partial charge is 0.399 e. The number of hydrogen-bond donors (Lipinski definition) is 1. The Kier molecular flexibility index (Phi) is 2.93. The van der Waals surface area contributed by atoms with Crippen LogP contribution in [-0.4, -0.2) is 12.6 Å². The molecule has 0 saturated carbocycles. The monoisotopic (exact) mass is 244 g/mol. The summed E-state index contributed by atoms with van der Waals surface area (Å²) in [6.07, 6.45) is -11.1. The van der Waals surface area contributed by atoms with Gasteiger partial charge in [0, 0.05) is 5.69 Å². The zero-order chi connectivity index (χ0) is 12.6. The van der Waals surface area contributed by atoms with Gasteiger partial charge in [-0.1, -0.05) is 0 Å². The van der Waals surface area contributed by atoms with Gasteiger partial charge in [0.15, 0.2) is 0 Å². The van der Waals surface area contributed by atoms with Crippen molar-refractivity contribution < 1.29 is 26.3 Å². The summed E-state index contributed by atoms with van der Waals surface area (Å²) in [5, 5.41) is 0. The van der Waals surface area contributed by atoms with E-state index in [2.05, 4.69) is 0 Å². The van der Waals surface area contributed by atoms with Crippen LogP contribution < -0.4 is 10.6 Å². The summed E-state index contributed by atoms with van der Waals surface area (Å²) in [6, 6.07) is 3.21. The van der Waals surface area contributed by atoms with Crippen LogP contribution in [0.25, 0.3) is 0 Å². The minimum atomic E-state index is -5.53. The van der Waals surface area contributed by atoms with E-state index in [9.17, 15) is 26.3 Å². The van der Waals surface area contributed by atoms with Crippen molar-refractivity contribution in [2.45, 2.75) is 12.6 Å². The fourth-order valence-electron chi connectivity index (χ4n) is 1.06. The molecule has 0 spiro atoms. The van der Waals surface area contributed by atoms with Crippen LogP contribution in [-0.2, 0) is 0 Å². The first-order valence-electron chi connectivity index (χ1n) is 3.91. The van der Waals surface area contributed by atoms with Crippen molar-refractivity contribution >= 4 is 11.4 Å². The number of rotatable bonds is 1. The van der Waals surface area contributed by atoms with Gasteiger partial charge in [0.1, 0.15) is 0 Å². The molecule has 1 aromatic carbocycles. The Morgan fingerprint density at radius 1 is 0.812 bits per heavy atom. The van der Waals surface area contributed by atoms with Gasteiger partial charge in [0.05, 0.1) is 5.69 Å². The number of nitrogen functional groups attached to an aromatic ring is 1. The Labute approximate surface area is 86.3 Å². The van der Waals surface area contributed by atoms with E-state index in [1.807, 2.05) is 0 Å². The highest BCUT2D eigenvalue weighted by atomic mass is 19.4. The molecule has 0 fully saturated rings. The number of hydrogen-bond acceptors (Lipinski definition) is 2. The van der Waals surface area contributed by atoms with Crippen molar-refractivity contribution in [2.24, 2.45) is 0 Å². The molecule has 0 bridgehead atoms. The van der Waals surface area contributed by atoms with Crippen LogP contribution in [0.15, 0.2) is 24.3 Å². The van der Waals surface area contributed by atoms with Crippen LogP contribution >= 0.6 is 0 Å². The van der Waals surface area contributed by atoms with Crippen LogP contribution in [0, 0.1) is 0 Å². The first-order valence-corrected chi connectivity index (χ1v) is 3.91. The summed E-state index contributed by atoms with van der Waals surface area (Å²) >= 11 is 0. The van der Waals surface area contributed by atoms with Crippen LogP contribution in [0.2, 0.25) is 0 Å². The second kappa shape index (κ2) is 3.76. The second-order valence-corrected chi connectivity index (χ2v) is 2.86. The van der Waals surface area contributed by atoms with E-state index in [1.165, 1.54) is 0 Å². The molecule has 8 heteroatoms. The lowest BCUT2D eigenvalue weighted by atomic mass is 10.2. The molecule has 2 N–H and O–H groups in total. The van der Waals surface area contributed by atoms with E-state index < -0.39 is 23.2 Å². The van der Waals surface area contributed by atoms with Crippen molar-refractivity contribution in [1.82, 2.24) is 0 Å². The van der Waals surface area contributed by atoms with Crippen molar-refractivity contribution in [3.63, 3.8) is 0 Å². The predicted molar refractivity (Wildman–Crippen MR) is 45.4 cm³/mol. The summed E-state index contributed by atoms with van der Waals surface area (Å²) in [5.74, 6) is 0. The highest BCUT2D eigenvalue weighted by Crippen LogP contribution is 2.38. The Morgan fingerprint density at radius 3 is 1.50 bits per heavy atom. The van der Waals surface area contributed by atoms with Crippen LogP contribution in [0.3, 0.4) is 0 Å². The number of nitrogens with zero attached hydrogens (tertiary/aromatic N) is 1. The topological polar surface area (TPSA) is 29.3 Å². The molecule has 0 atom stereocenters. The largest absolute Gasteiger partial charge is 0.491 e. The van der Waals surface area contributed by atoms with Gasteiger partial charge in [0.2, 0.25) is 0 Å². The SMILES string of the molecule is Nc1ccc(N(C(F)(F)F)C(F)(F)F)cc1. The van der Waals surface area contributed by atoms with Gasteiger partial charge >= 0.3 is 12.6 Å². The third-order valence-corrected chi connectivity index (χ3v) is 1.66. The summed E-state index contributed by atoms with van der Waals surface area (Å²) < 4.78 is 73.1. The maximum absolute atomic E-state index is 12.2. The summed E-state index contributed by atoms with van der Waals surface area (Å²) in [4.78, 5) is -1.58.